The highest BCUT2D eigenvalue weighted by Crippen LogP contribution is 2.32. The van der Waals surface area contributed by atoms with Gasteiger partial charge < -0.3 is 10.5 Å². The van der Waals surface area contributed by atoms with Gasteiger partial charge in [-0.2, -0.15) is 0 Å². The van der Waals surface area contributed by atoms with E-state index in [1.165, 1.54) is 0 Å². The molecule has 0 fully saturated rings. The Balaban J connectivity index is 2.45. The second-order valence-corrected chi connectivity index (χ2v) is 4.85. The monoisotopic (exact) mass is 289 g/mol. The molecular formula is C16H16ClNO2. The fraction of sp³-hybridized carbons (Fsp3) is 0.188. The van der Waals surface area contributed by atoms with Crippen LogP contribution in [0.4, 0.5) is 5.69 Å². The molecule has 0 aliphatic heterocycles. The second kappa shape index (κ2) is 6.44. The second-order valence-electron chi connectivity index (χ2n) is 4.42. The fourth-order valence-electron chi connectivity index (χ4n) is 1.92. The SMILES string of the molecule is CCCOC(=O)c1cc(Cl)cc(-c2ccccc2)c1N. The normalized spacial score (nSPS) is 10.3. The minimum Gasteiger partial charge on any atom is -0.462 e. The van der Waals surface area contributed by atoms with Crippen LogP contribution in [0.15, 0.2) is 42.5 Å². The molecular weight excluding hydrogens is 274 g/mol. The quantitative estimate of drug-likeness (QED) is 0.679. The van der Waals surface area contributed by atoms with Crippen LogP contribution in [0.3, 0.4) is 0 Å². The molecule has 0 aliphatic rings. The van der Waals surface area contributed by atoms with Crippen LogP contribution in [0.2, 0.25) is 5.02 Å². The molecule has 2 aromatic rings. The van der Waals surface area contributed by atoms with Gasteiger partial charge in [-0.25, -0.2) is 4.79 Å². The van der Waals surface area contributed by atoms with E-state index in [2.05, 4.69) is 0 Å². The number of carbonyl (C=O) groups excluding carboxylic acids is 1. The molecule has 0 radical (unpaired) electrons. The maximum Gasteiger partial charge on any atom is 0.340 e. The van der Waals surface area contributed by atoms with Gasteiger partial charge in [-0.15, -0.1) is 0 Å². The van der Waals surface area contributed by atoms with Crippen LogP contribution in [-0.4, -0.2) is 12.6 Å². The van der Waals surface area contributed by atoms with Crippen molar-refractivity contribution in [1.29, 1.82) is 0 Å². The number of nitrogens with two attached hydrogens (primary N) is 1. The van der Waals surface area contributed by atoms with Crippen LogP contribution >= 0.6 is 11.6 Å². The Labute approximate surface area is 123 Å². The number of benzene rings is 2. The number of esters is 1. The lowest BCUT2D eigenvalue weighted by Crippen LogP contribution is -2.09. The van der Waals surface area contributed by atoms with Gasteiger partial charge in [0.1, 0.15) is 0 Å². The summed E-state index contributed by atoms with van der Waals surface area (Å²) in [6.45, 7) is 2.30. The molecule has 0 amide bonds. The summed E-state index contributed by atoms with van der Waals surface area (Å²) in [5, 5.41) is 0.460. The molecule has 0 saturated carbocycles. The van der Waals surface area contributed by atoms with E-state index in [-0.39, 0.29) is 0 Å². The maximum absolute atomic E-state index is 12.0. The van der Waals surface area contributed by atoms with Crippen molar-refractivity contribution >= 4 is 23.3 Å². The minimum absolute atomic E-state index is 0.310. The summed E-state index contributed by atoms with van der Waals surface area (Å²) < 4.78 is 5.13. The predicted molar refractivity (Wildman–Crippen MR) is 81.9 cm³/mol. The zero-order chi connectivity index (χ0) is 14.5. The standard InChI is InChI=1S/C16H16ClNO2/c1-2-8-20-16(19)14-10-12(17)9-13(15(14)18)11-6-4-3-5-7-11/h3-7,9-10H,2,8,18H2,1H3. The summed E-state index contributed by atoms with van der Waals surface area (Å²) in [6.07, 6.45) is 0.762. The van der Waals surface area contributed by atoms with Gasteiger partial charge >= 0.3 is 5.97 Å². The largest absolute Gasteiger partial charge is 0.462 e. The van der Waals surface area contributed by atoms with E-state index in [4.69, 9.17) is 22.1 Å². The molecule has 0 unspecified atom stereocenters. The molecule has 0 aromatic heterocycles. The molecule has 0 heterocycles. The van der Waals surface area contributed by atoms with Crippen LogP contribution in [0.1, 0.15) is 23.7 Å². The summed E-state index contributed by atoms with van der Waals surface area (Å²) in [5.41, 5.74) is 8.45. The Kier molecular flexibility index (Phi) is 4.64. The van der Waals surface area contributed by atoms with Crippen molar-refractivity contribution in [3.05, 3.63) is 53.1 Å². The Morgan fingerprint density at radius 1 is 1.25 bits per heavy atom. The van der Waals surface area contributed by atoms with E-state index in [1.54, 1.807) is 12.1 Å². The van der Waals surface area contributed by atoms with Crippen molar-refractivity contribution in [2.24, 2.45) is 0 Å². The highest BCUT2D eigenvalue weighted by molar-refractivity contribution is 6.31. The van der Waals surface area contributed by atoms with E-state index < -0.39 is 5.97 Å². The number of halogens is 1. The smallest absolute Gasteiger partial charge is 0.340 e. The van der Waals surface area contributed by atoms with Gasteiger partial charge in [0.15, 0.2) is 0 Å². The van der Waals surface area contributed by atoms with Crippen LogP contribution in [-0.2, 0) is 4.74 Å². The molecule has 104 valence electrons. The van der Waals surface area contributed by atoms with E-state index in [0.29, 0.717) is 22.9 Å². The number of anilines is 1. The molecule has 4 heteroatoms. The first-order valence-corrected chi connectivity index (χ1v) is 6.83. The number of rotatable bonds is 4. The average Bonchev–Trinajstić information content (AvgIpc) is 2.47. The van der Waals surface area contributed by atoms with Gasteiger partial charge in [-0.3, -0.25) is 0 Å². The summed E-state index contributed by atoms with van der Waals surface area (Å²) in [7, 11) is 0. The minimum atomic E-state index is -0.441. The van der Waals surface area contributed by atoms with Crippen molar-refractivity contribution in [2.75, 3.05) is 12.3 Å². The van der Waals surface area contributed by atoms with Crippen LogP contribution in [0, 0.1) is 0 Å². The predicted octanol–water partition coefficient (Wildman–Crippen LogP) is 4.16. The van der Waals surface area contributed by atoms with Gasteiger partial charge in [-0.05, 0) is 24.1 Å². The Bertz CT molecular complexity index is 611. The molecule has 0 aliphatic carbocycles. The Morgan fingerprint density at radius 3 is 2.60 bits per heavy atom. The molecule has 3 nitrogen and oxygen atoms in total. The average molecular weight is 290 g/mol. The van der Waals surface area contributed by atoms with Crippen molar-refractivity contribution in [2.45, 2.75) is 13.3 Å². The molecule has 0 bridgehead atoms. The van der Waals surface area contributed by atoms with Crippen LogP contribution in [0.5, 0.6) is 0 Å². The summed E-state index contributed by atoms with van der Waals surface area (Å²) in [5.74, 6) is -0.441. The third-order valence-corrected chi connectivity index (χ3v) is 3.10. The Hall–Kier alpha value is -2.00. The zero-order valence-corrected chi connectivity index (χ0v) is 12.0. The van der Waals surface area contributed by atoms with Crippen LogP contribution in [0.25, 0.3) is 11.1 Å². The number of hydrogen-bond acceptors (Lipinski definition) is 3. The lowest BCUT2D eigenvalue weighted by Gasteiger charge is -2.12. The number of hydrogen-bond donors (Lipinski definition) is 1. The lowest BCUT2D eigenvalue weighted by atomic mass is 10.0. The summed E-state index contributed by atoms with van der Waals surface area (Å²) >= 11 is 6.09. The van der Waals surface area contributed by atoms with Gasteiger partial charge in [0.25, 0.3) is 0 Å². The molecule has 0 saturated heterocycles. The molecule has 20 heavy (non-hydrogen) atoms. The molecule has 2 aromatic carbocycles. The first kappa shape index (κ1) is 14.4. The number of nitrogen functional groups attached to an aromatic ring is 1. The van der Waals surface area contributed by atoms with Gasteiger partial charge in [0, 0.05) is 10.6 Å². The Morgan fingerprint density at radius 2 is 1.95 bits per heavy atom. The lowest BCUT2D eigenvalue weighted by molar-refractivity contribution is 0.0506. The molecule has 0 spiro atoms. The van der Waals surface area contributed by atoms with E-state index >= 15 is 0 Å². The van der Waals surface area contributed by atoms with Gasteiger partial charge in [-0.1, -0.05) is 48.9 Å². The molecule has 0 atom stereocenters. The van der Waals surface area contributed by atoms with Crippen molar-refractivity contribution in [1.82, 2.24) is 0 Å². The summed E-state index contributed by atoms with van der Waals surface area (Å²) in [4.78, 5) is 12.0. The van der Waals surface area contributed by atoms with Crippen molar-refractivity contribution < 1.29 is 9.53 Å². The van der Waals surface area contributed by atoms with E-state index in [1.807, 2.05) is 37.3 Å². The fourth-order valence-corrected chi connectivity index (χ4v) is 2.13. The third kappa shape index (κ3) is 3.11. The van der Waals surface area contributed by atoms with E-state index in [9.17, 15) is 4.79 Å². The first-order chi connectivity index (χ1) is 9.63. The maximum atomic E-state index is 12.0. The topological polar surface area (TPSA) is 52.3 Å². The molecule has 2 rings (SSSR count). The van der Waals surface area contributed by atoms with Crippen molar-refractivity contribution in [3.63, 3.8) is 0 Å². The van der Waals surface area contributed by atoms with Gasteiger partial charge in [0.05, 0.1) is 17.9 Å². The van der Waals surface area contributed by atoms with Gasteiger partial charge in [0.2, 0.25) is 0 Å². The highest BCUT2D eigenvalue weighted by Gasteiger charge is 2.16. The molecule has 2 N–H and O–H groups in total. The van der Waals surface area contributed by atoms with Crippen molar-refractivity contribution in [3.8, 4) is 11.1 Å². The third-order valence-electron chi connectivity index (χ3n) is 2.89. The zero-order valence-electron chi connectivity index (χ0n) is 11.2. The first-order valence-electron chi connectivity index (χ1n) is 6.45. The van der Waals surface area contributed by atoms with Crippen LogP contribution < -0.4 is 5.73 Å². The highest BCUT2D eigenvalue weighted by atomic mass is 35.5. The van der Waals surface area contributed by atoms with E-state index in [0.717, 1.165) is 17.5 Å². The summed E-state index contributed by atoms with van der Waals surface area (Å²) in [6, 6.07) is 12.9. The number of ether oxygens (including phenoxy) is 1. The number of carbonyl (C=O) groups is 1.